The van der Waals surface area contributed by atoms with Gasteiger partial charge >= 0.3 is 12.1 Å². The van der Waals surface area contributed by atoms with Crippen LogP contribution in [0.2, 0.25) is 5.02 Å². The van der Waals surface area contributed by atoms with Crippen LogP contribution < -0.4 is 13.8 Å². The predicted octanol–water partition coefficient (Wildman–Crippen LogP) is 5.89. The second-order valence-electron chi connectivity index (χ2n) is 8.86. The monoisotopic (exact) mass is 646 g/mol. The largest absolute Gasteiger partial charge is 0.489 e. The molecule has 0 unspecified atom stereocenters. The number of aliphatic carboxylic acids is 1. The minimum absolute atomic E-state index is 0.0542. The fourth-order valence-electron chi connectivity index (χ4n) is 3.77. The summed E-state index contributed by atoms with van der Waals surface area (Å²) >= 11 is 6.05. The summed E-state index contributed by atoms with van der Waals surface area (Å²) in [6.45, 7) is 0.676. The SMILES string of the molecule is CCCC(=O)O.O=S(=O)(c1cc(C(F)(F)F)cnc1OCCO)N1CCOc2ccc(/C=C/c3c(F)cccc3Cl)cc21. The number of benzene rings is 2. The molecule has 2 aromatic carbocycles. The van der Waals surface area contributed by atoms with Crippen molar-refractivity contribution in [2.24, 2.45) is 0 Å². The molecule has 2 N–H and O–H groups in total. The molecule has 232 valence electrons. The first-order valence-electron chi connectivity index (χ1n) is 12.7. The maximum Gasteiger partial charge on any atom is 0.417 e. The van der Waals surface area contributed by atoms with Gasteiger partial charge in [0.15, 0.2) is 4.90 Å². The van der Waals surface area contributed by atoms with Gasteiger partial charge in [0.25, 0.3) is 10.0 Å². The van der Waals surface area contributed by atoms with E-state index in [0.717, 1.165) is 10.7 Å². The maximum atomic E-state index is 14.1. The lowest BCUT2D eigenvalue weighted by Gasteiger charge is -2.31. The third-order valence-electron chi connectivity index (χ3n) is 5.75. The zero-order valence-corrected chi connectivity index (χ0v) is 24.2. The van der Waals surface area contributed by atoms with Crippen LogP contribution in [0.1, 0.15) is 36.5 Å². The van der Waals surface area contributed by atoms with E-state index < -0.39 is 50.9 Å². The number of nitrogens with zero attached hydrogens (tertiary/aromatic N) is 2. The predicted molar refractivity (Wildman–Crippen MR) is 151 cm³/mol. The number of carbonyl (C=O) groups is 1. The Morgan fingerprint density at radius 3 is 2.56 bits per heavy atom. The minimum Gasteiger partial charge on any atom is -0.489 e. The van der Waals surface area contributed by atoms with Crippen LogP contribution in [0.3, 0.4) is 0 Å². The van der Waals surface area contributed by atoms with Crippen LogP contribution in [0.5, 0.6) is 11.6 Å². The van der Waals surface area contributed by atoms with Crippen molar-refractivity contribution in [3.05, 3.63) is 76.2 Å². The van der Waals surface area contributed by atoms with Gasteiger partial charge in [-0.05, 0) is 48.4 Å². The summed E-state index contributed by atoms with van der Waals surface area (Å²) in [6.07, 6.45) is -0.461. The Balaban J connectivity index is 0.000000765. The van der Waals surface area contributed by atoms with Gasteiger partial charge in [-0.1, -0.05) is 36.7 Å². The van der Waals surface area contributed by atoms with Gasteiger partial charge in [-0.3, -0.25) is 9.10 Å². The number of hydrogen-bond donors (Lipinski definition) is 2. The average molecular weight is 647 g/mol. The van der Waals surface area contributed by atoms with Crippen molar-refractivity contribution in [3.63, 3.8) is 0 Å². The highest BCUT2D eigenvalue weighted by Crippen LogP contribution is 2.40. The fraction of sp³-hybridized carbons (Fsp3) is 0.286. The minimum atomic E-state index is -4.86. The molecule has 2 heterocycles. The van der Waals surface area contributed by atoms with Crippen molar-refractivity contribution in [2.75, 3.05) is 30.7 Å². The van der Waals surface area contributed by atoms with E-state index in [4.69, 9.17) is 31.3 Å². The molecule has 0 aliphatic carbocycles. The summed E-state index contributed by atoms with van der Waals surface area (Å²) in [4.78, 5) is 12.3. The topological polar surface area (TPSA) is 126 Å². The van der Waals surface area contributed by atoms with E-state index in [1.165, 1.54) is 42.5 Å². The number of alkyl halides is 3. The van der Waals surface area contributed by atoms with Crippen LogP contribution in [0.25, 0.3) is 12.2 Å². The van der Waals surface area contributed by atoms with Crippen LogP contribution in [0, 0.1) is 5.82 Å². The zero-order chi connectivity index (χ0) is 31.8. The van der Waals surface area contributed by atoms with Crippen molar-refractivity contribution in [1.29, 1.82) is 0 Å². The number of ether oxygens (including phenoxy) is 2. The van der Waals surface area contributed by atoms with Gasteiger partial charge in [-0.2, -0.15) is 13.2 Å². The number of aliphatic hydroxyl groups is 1. The van der Waals surface area contributed by atoms with E-state index in [-0.39, 0.29) is 41.8 Å². The van der Waals surface area contributed by atoms with E-state index in [9.17, 15) is 30.8 Å². The Morgan fingerprint density at radius 2 is 1.95 bits per heavy atom. The fourth-order valence-corrected chi connectivity index (χ4v) is 5.56. The van der Waals surface area contributed by atoms with Gasteiger partial charge in [0.1, 0.15) is 24.8 Å². The zero-order valence-electron chi connectivity index (χ0n) is 22.6. The Bertz CT molecular complexity index is 1560. The van der Waals surface area contributed by atoms with E-state index in [1.807, 2.05) is 6.92 Å². The summed E-state index contributed by atoms with van der Waals surface area (Å²) in [5.74, 6) is -1.67. The van der Waals surface area contributed by atoms with Crippen molar-refractivity contribution in [1.82, 2.24) is 4.98 Å². The molecule has 0 amide bonds. The summed E-state index contributed by atoms with van der Waals surface area (Å²) in [6, 6.07) is 9.17. The number of fused-ring (bicyclic) bond motifs is 1. The van der Waals surface area contributed by atoms with E-state index in [2.05, 4.69) is 4.98 Å². The molecule has 0 saturated carbocycles. The van der Waals surface area contributed by atoms with Gasteiger partial charge in [-0.15, -0.1) is 0 Å². The van der Waals surface area contributed by atoms with Crippen molar-refractivity contribution < 1.29 is 50.5 Å². The molecule has 1 aliphatic rings. The van der Waals surface area contributed by atoms with Gasteiger partial charge in [-0.25, -0.2) is 17.8 Å². The third-order valence-corrected chi connectivity index (χ3v) is 7.89. The molecule has 4 rings (SSSR count). The first-order valence-corrected chi connectivity index (χ1v) is 14.6. The second-order valence-corrected chi connectivity index (χ2v) is 11.1. The Labute approximate surface area is 250 Å². The number of aromatic nitrogens is 1. The Kier molecular flexibility index (Phi) is 11.4. The van der Waals surface area contributed by atoms with Crippen molar-refractivity contribution in [3.8, 4) is 11.6 Å². The molecular weight excluding hydrogens is 620 g/mol. The van der Waals surface area contributed by atoms with Crippen LogP contribution in [-0.4, -0.2) is 55.9 Å². The molecule has 0 radical (unpaired) electrons. The Morgan fingerprint density at radius 1 is 1.21 bits per heavy atom. The molecule has 0 atom stereocenters. The number of carboxylic acids is 1. The summed E-state index contributed by atoms with van der Waals surface area (Å²) in [5.41, 5.74) is -0.654. The molecule has 3 aromatic rings. The number of halogens is 5. The number of rotatable bonds is 9. The second kappa shape index (κ2) is 14.5. The van der Waals surface area contributed by atoms with E-state index in [0.29, 0.717) is 24.2 Å². The molecule has 0 spiro atoms. The number of aliphatic hydroxyl groups excluding tert-OH is 1. The molecule has 0 fully saturated rings. The molecule has 1 aliphatic heterocycles. The van der Waals surface area contributed by atoms with Crippen molar-refractivity contribution in [2.45, 2.75) is 30.8 Å². The van der Waals surface area contributed by atoms with Crippen molar-refractivity contribution >= 4 is 45.4 Å². The summed E-state index contributed by atoms with van der Waals surface area (Å²) in [5, 5.41) is 17.1. The van der Waals surface area contributed by atoms with Crippen LogP contribution in [-0.2, 0) is 21.0 Å². The quantitative estimate of drug-likeness (QED) is 0.218. The molecule has 15 heteroatoms. The van der Waals surface area contributed by atoms with Crippen LogP contribution in [0.15, 0.2) is 53.6 Å². The van der Waals surface area contributed by atoms with Gasteiger partial charge < -0.3 is 19.7 Å². The lowest BCUT2D eigenvalue weighted by molar-refractivity contribution is -0.138. The lowest BCUT2D eigenvalue weighted by Crippen LogP contribution is -2.38. The molecule has 9 nitrogen and oxygen atoms in total. The van der Waals surface area contributed by atoms with E-state index >= 15 is 0 Å². The Hall–Kier alpha value is -3.88. The molecule has 0 bridgehead atoms. The third kappa shape index (κ3) is 8.58. The lowest BCUT2D eigenvalue weighted by atomic mass is 10.1. The average Bonchev–Trinajstić information content (AvgIpc) is 2.95. The number of anilines is 1. The number of hydrogen-bond acceptors (Lipinski definition) is 7. The standard InChI is InChI=1S/C24H19ClF4N2O5S.C4H8O2/c25-18-2-1-3-19(26)17(18)6-4-15-5-7-21-20(12-15)31(8-10-35-21)37(33,34)22-13-16(24(27,28)29)14-30-23(22)36-11-9-32;1-2-3-4(5)6/h1-7,12-14,32H,8-11H2;2-3H2,1H3,(H,5,6)/b6-4+;. The highest BCUT2D eigenvalue weighted by Gasteiger charge is 2.37. The van der Waals surface area contributed by atoms with Gasteiger partial charge in [0, 0.05) is 18.2 Å². The molecule has 1 aromatic heterocycles. The van der Waals surface area contributed by atoms with Gasteiger partial charge in [0.05, 0.1) is 29.4 Å². The van der Waals surface area contributed by atoms with Gasteiger partial charge in [0.2, 0.25) is 5.88 Å². The summed E-state index contributed by atoms with van der Waals surface area (Å²) < 4.78 is 93.0. The molecule has 0 saturated heterocycles. The first-order chi connectivity index (χ1) is 20.3. The number of sulfonamides is 1. The smallest absolute Gasteiger partial charge is 0.417 e. The first kappa shape index (κ1) is 33.6. The van der Waals surface area contributed by atoms with E-state index in [1.54, 1.807) is 6.07 Å². The normalized spacial score (nSPS) is 13.1. The number of pyridine rings is 1. The number of carboxylic acid groups (broad SMARTS) is 1. The summed E-state index contributed by atoms with van der Waals surface area (Å²) in [7, 11) is -4.64. The maximum absolute atomic E-state index is 14.1. The van der Waals surface area contributed by atoms with Crippen LogP contribution in [0.4, 0.5) is 23.2 Å². The highest BCUT2D eigenvalue weighted by molar-refractivity contribution is 7.93. The highest BCUT2D eigenvalue weighted by atomic mass is 35.5. The molecular formula is C28H27ClF4N2O7S. The molecule has 43 heavy (non-hydrogen) atoms. The van der Waals surface area contributed by atoms with Crippen LogP contribution >= 0.6 is 11.6 Å².